The van der Waals surface area contributed by atoms with Crippen molar-refractivity contribution in [1.29, 1.82) is 0 Å². The highest BCUT2D eigenvalue weighted by atomic mass is 35.5. The second kappa shape index (κ2) is 18.4. The first-order chi connectivity index (χ1) is 23.0. The number of amides is 3. The fourth-order valence-electron chi connectivity index (χ4n) is 5.67. The predicted molar refractivity (Wildman–Crippen MR) is 195 cm³/mol. The average molecular weight is 694 g/mol. The zero-order valence-electron chi connectivity index (χ0n) is 29.2. The average Bonchev–Trinajstić information content (AvgIpc) is 3.09. The third-order valence-corrected chi connectivity index (χ3v) is 8.60. The molecule has 1 aliphatic rings. The molecule has 1 aliphatic heterocycles. The monoisotopic (exact) mass is 693 g/mol. The van der Waals surface area contributed by atoms with E-state index in [1.54, 1.807) is 51.5 Å². The van der Waals surface area contributed by atoms with Gasteiger partial charge in [-0.3, -0.25) is 19.3 Å². The maximum absolute atomic E-state index is 13.7. The molecule has 3 aromatic carbocycles. The summed E-state index contributed by atoms with van der Waals surface area (Å²) in [5.41, 5.74) is 2.87. The van der Waals surface area contributed by atoms with Crippen LogP contribution in [0, 0.1) is 6.92 Å². The molecule has 12 heteroatoms. The van der Waals surface area contributed by atoms with Crippen LogP contribution in [0.2, 0.25) is 0 Å². The van der Waals surface area contributed by atoms with Gasteiger partial charge in [0, 0.05) is 52.9 Å². The Morgan fingerprint density at radius 1 is 0.898 bits per heavy atom. The Morgan fingerprint density at radius 3 is 2.29 bits per heavy atom. The predicted octanol–water partition coefficient (Wildman–Crippen LogP) is 5.02. The number of hydrogen-bond donors (Lipinski definition) is 1. The fourth-order valence-corrected chi connectivity index (χ4v) is 5.67. The van der Waals surface area contributed by atoms with E-state index in [1.807, 2.05) is 25.1 Å². The molecular weight excluding hydrogens is 646 g/mol. The van der Waals surface area contributed by atoms with Gasteiger partial charge < -0.3 is 34.3 Å². The van der Waals surface area contributed by atoms with Crippen LogP contribution in [0.4, 0.5) is 11.4 Å². The van der Waals surface area contributed by atoms with Crippen molar-refractivity contribution < 1.29 is 28.7 Å². The van der Waals surface area contributed by atoms with E-state index in [2.05, 4.69) is 22.2 Å². The van der Waals surface area contributed by atoms with Crippen molar-refractivity contribution in [1.82, 2.24) is 14.7 Å². The quantitative estimate of drug-likeness (QED) is 0.185. The number of aldehydes is 1. The Bertz CT molecular complexity index is 1610. The highest BCUT2D eigenvalue weighted by Crippen LogP contribution is 2.31. The van der Waals surface area contributed by atoms with Gasteiger partial charge in [-0.15, -0.1) is 12.4 Å². The van der Waals surface area contributed by atoms with Gasteiger partial charge in [-0.05, 0) is 81.3 Å². The Hall–Kier alpha value is -4.45. The van der Waals surface area contributed by atoms with Crippen molar-refractivity contribution in [3.05, 3.63) is 82.9 Å². The summed E-state index contributed by atoms with van der Waals surface area (Å²) in [6.45, 7) is 6.16. The molecule has 1 N–H and O–H groups in total. The molecule has 4 rings (SSSR count). The van der Waals surface area contributed by atoms with E-state index in [1.165, 1.54) is 29.0 Å². The van der Waals surface area contributed by atoms with Crippen molar-refractivity contribution in [3.63, 3.8) is 0 Å². The minimum absolute atomic E-state index is 0. The summed E-state index contributed by atoms with van der Waals surface area (Å²) in [6, 6.07) is 17.0. The number of piperazine rings is 1. The highest BCUT2D eigenvalue weighted by molar-refractivity contribution is 6.12. The van der Waals surface area contributed by atoms with Crippen LogP contribution in [0.3, 0.4) is 0 Å². The molecule has 11 nitrogen and oxygen atoms in total. The van der Waals surface area contributed by atoms with E-state index >= 15 is 0 Å². The second-order valence-electron chi connectivity index (χ2n) is 12.3. The van der Waals surface area contributed by atoms with Gasteiger partial charge in [-0.1, -0.05) is 18.2 Å². The number of unbranched alkanes of at least 4 members (excludes halogenated alkanes) is 1. The van der Waals surface area contributed by atoms with Crippen molar-refractivity contribution >= 4 is 47.8 Å². The molecule has 0 saturated carbocycles. The molecule has 0 aromatic heterocycles. The van der Waals surface area contributed by atoms with Gasteiger partial charge in [0.15, 0.2) is 0 Å². The van der Waals surface area contributed by atoms with Crippen molar-refractivity contribution in [2.24, 2.45) is 0 Å². The first-order valence-electron chi connectivity index (χ1n) is 16.2. The number of benzene rings is 3. The molecule has 3 amide bonds. The summed E-state index contributed by atoms with van der Waals surface area (Å²) in [5.74, 6) is -0.221. The number of aryl methyl sites for hydroxylation is 1. The summed E-state index contributed by atoms with van der Waals surface area (Å²) in [5, 5.41) is 2.80. The summed E-state index contributed by atoms with van der Waals surface area (Å²) >= 11 is 0. The van der Waals surface area contributed by atoms with E-state index in [-0.39, 0.29) is 41.6 Å². The van der Waals surface area contributed by atoms with Crippen LogP contribution < -0.4 is 19.7 Å². The van der Waals surface area contributed by atoms with Crippen molar-refractivity contribution in [3.8, 4) is 11.5 Å². The largest absolute Gasteiger partial charge is 0.496 e. The summed E-state index contributed by atoms with van der Waals surface area (Å²) in [6.07, 6.45) is 3.47. The van der Waals surface area contributed by atoms with Crippen molar-refractivity contribution in [2.45, 2.75) is 32.2 Å². The Labute approximate surface area is 295 Å². The van der Waals surface area contributed by atoms with Gasteiger partial charge in [-0.2, -0.15) is 0 Å². The van der Waals surface area contributed by atoms with E-state index < -0.39 is 5.91 Å². The third-order valence-electron chi connectivity index (χ3n) is 8.60. The highest BCUT2D eigenvalue weighted by Gasteiger charge is 2.23. The molecule has 0 spiro atoms. The molecule has 1 atom stereocenters. The number of carbonyl (C=O) groups excluding carboxylic acids is 4. The van der Waals surface area contributed by atoms with Gasteiger partial charge in [0.05, 0.1) is 42.3 Å². The number of nitrogens with zero attached hydrogens (tertiary/aromatic N) is 4. The van der Waals surface area contributed by atoms with Crippen LogP contribution in [0.25, 0.3) is 0 Å². The summed E-state index contributed by atoms with van der Waals surface area (Å²) in [4.78, 5) is 58.9. The molecule has 264 valence electrons. The number of methoxy groups -OCH3 is 1. The number of para-hydroxylation sites is 1. The van der Waals surface area contributed by atoms with Gasteiger partial charge in [0.1, 0.15) is 17.8 Å². The zero-order valence-corrected chi connectivity index (χ0v) is 30.0. The van der Waals surface area contributed by atoms with E-state index in [9.17, 15) is 19.2 Å². The molecule has 3 aromatic rings. The topological polar surface area (TPSA) is 112 Å². The summed E-state index contributed by atoms with van der Waals surface area (Å²) in [7, 11) is 8.50. The van der Waals surface area contributed by atoms with Crippen molar-refractivity contribution in [2.75, 3.05) is 78.3 Å². The van der Waals surface area contributed by atoms with E-state index in [0.29, 0.717) is 34.9 Å². The molecule has 1 saturated heterocycles. The molecule has 1 unspecified atom stereocenters. The van der Waals surface area contributed by atoms with Gasteiger partial charge in [0.2, 0.25) is 0 Å². The number of halogens is 1. The first-order valence-corrected chi connectivity index (χ1v) is 16.2. The molecule has 1 fully saturated rings. The molecule has 0 bridgehead atoms. The Balaban J connectivity index is 0.00000650. The number of ether oxygens (including phenoxy) is 2. The lowest BCUT2D eigenvalue weighted by Crippen LogP contribution is -2.49. The third kappa shape index (κ3) is 10.0. The normalized spacial score (nSPS) is 13.8. The molecule has 0 aliphatic carbocycles. The number of anilines is 2. The number of rotatable bonds is 14. The second-order valence-corrected chi connectivity index (χ2v) is 12.3. The summed E-state index contributed by atoms with van der Waals surface area (Å²) < 4.78 is 11.7. The Morgan fingerprint density at radius 2 is 1.61 bits per heavy atom. The number of hydrogen-bond acceptors (Lipinski definition) is 8. The van der Waals surface area contributed by atoms with Crippen LogP contribution >= 0.6 is 12.4 Å². The van der Waals surface area contributed by atoms with E-state index in [0.717, 1.165) is 57.3 Å². The van der Waals surface area contributed by atoms with Crippen LogP contribution in [0.1, 0.15) is 55.9 Å². The molecule has 1 heterocycles. The lowest BCUT2D eigenvalue weighted by atomic mass is 10.1. The minimum Gasteiger partial charge on any atom is -0.496 e. The fraction of sp³-hybridized carbons (Fsp3) is 0.405. The number of nitrogens with one attached hydrogen (secondary N) is 1. The number of likely N-dealkylation sites (N-methyl/N-ethyl adjacent to an activating group) is 1. The van der Waals surface area contributed by atoms with Crippen LogP contribution in [-0.2, 0) is 4.79 Å². The smallest absolute Gasteiger partial charge is 0.259 e. The zero-order chi connectivity index (χ0) is 34.8. The lowest BCUT2D eigenvalue weighted by Gasteiger charge is -2.35. The maximum atomic E-state index is 13.7. The van der Waals surface area contributed by atoms with Gasteiger partial charge in [0.25, 0.3) is 17.7 Å². The molecule has 0 radical (unpaired) electrons. The molecule has 49 heavy (non-hydrogen) atoms. The lowest BCUT2D eigenvalue weighted by molar-refractivity contribution is -0.113. The molecular formula is C37H48ClN5O6. The van der Waals surface area contributed by atoms with E-state index in [4.69, 9.17) is 9.47 Å². The van der Waals surface area contributed by atoms with Gasteiger partial charge in [-0.25, -0.2) is 0 Å². The number of carbonyl (C=O) groups is 4. The SMILES string of the molecule is COc1cc(C(=O)N(C)c2ccc(C)cc2OCCCCC(C=O)N2CCN(C)CC2)ccc1C(=O)Nc1ccccc1C(=O)N(C)C.Cl. The standard InChI is InChI=1S/C37H47N5O6.ClH/c1-26-14-17-32(34(23-26)48-22-10-9-11-28(25-43)42-20-18-40(4)19-21-42)41(5)36(45)27-15-16-30(33(24-27)47-6)35(44)38-31-13-8-7-12-29(31)37(46)39(2)3;/h7-8,12-17,23-25,28H,9-11,18-22H2,1-6H3,(H,38,44);1H. The van der Waals surface area contributed by atoms with Crippen LogP contribution in [0.5, 0.6) is 11.5 Å². The first kappa shape index (κ1) is 39.0. The van der Waals surface area contributed by atoms with Crippen LogP contribution in [-0.4, -0.2) is 113 Å². The maximum Gasteiger partial charge on any atom is 0.259 e. The minimum atomic E-state index is -0.476. The van der Waals surface area contributed by atoms with Gasteiger partial charge >= 0.3 is 0 Å². The van der Waals surface area contributed by atoms with Crippen LogP contribution in [0.15, 0.2) is 60.7 Å². The Kier molecular flexibility index (Phi) is 14.6.